The molecule has 2 aliphatic heterocycles. The summed E-state index contributed by atoms with van der Waals surface area (Å²) in [6, 6.07) is 0. The van der Waals surface area contributed by atoms with Crippen LogP contribution in [0.25, 0.3) is 0 Å². The number of carbonyl (C=O) groups is 1. The summed E-state index contributed by atoms with van der Waals surface area (Å²) in [6.45, 7) is 8.72. The minimum absolute atomic E-state index is 0. The van der Waals surface area contributed by atoms with Gasteiger partial charge in [-0.1, -0.05) is 0 Å². The standard InChI is InChI=1S/C14H26N2O2.ClH/c1-11(2)18-8-5-14(17)16-6-3-12-9-15-10-13(12)4-7-16;/h11-13,15H,3-10H2,1-2H3;1H/t12-,13+;. The topological polar surface area (TPSA) is 41.6 Å². The van der Waals surface area contributed by atoms with Crippen molar-refractivity contribution in [1.82, 2.24) is 10.2 Å². The molecule has 2 rings (SSSR count). The lowest BCUT2D eigenvalue weighted by Crippen LogP contribution is -2.33. The Morgan fingerprint density at radius 2 is 1.84 bits per heavy atom. The summed E-state index contributed by atoms with van der Waals surface area (Å²) in [7, 11) is 0. The molecule has 5 heteroatoms. The Bertz CT molecular complexity index is 273. The fourth-order valence-corrected chi connectivity index (χ4v) is 3.01. The van der Waals surface area contributed by atoms with Crippen LogP contribution in [0.1, 0.15) is 33.1 Å². The molecule has 0 saturated carbocycles. The highest BCUT2D eigenvalue weighted by Crippen LogP contribution is 2.27. The van der Waals surface area contributed by atoms with E-state index in [-0.39, 0.29) is 24.4 Å². The van der Waals surface area contributed by atoms with Crippen molar-refractivity contribution in [3.05, 3.63) is 0 Å². The Morgan fingerprint density at radius 3 is 2.37 bits per heavy atom. The zero-order valence-electron chi connectivity index (χ0n) is 12.1. The van der Waals surface area contributed by atoms with Crippen LogP contribution in [0.15, 0.2) is 0 Å². The van der Waals surface area contributed by atoms with Crippen molar-refractivity contribution >= 4 is 18.3 Å². The van der Waals surface area contributed by atoms with E-state index in [1.54, 1.807) is 0 Å². The van der Waals surface area contributed by atoms with E-state index in [0.717, 1.165) is 50.9 Å². The van der Waals surface area contributed by atoms with Gasteiger partial charge in [-0.2, -0.15) is 0 Å². The van der Waals surface area contributed by atoms with Gasteiger partial charge in [-0.05, 0) is 51.6 Å². The number of nitrogens with one attached hydrogen (secondary N) is 1. The van der Waals surface area contributed by atoms with Crippen molar-refractivity contribution in [2.45, 2.75) is 39.2 Å². The number of likely N-dealkylation sites (tertiary alicyclic amines) is 1. The van der Waals surface area contributed by atoms with Crippen molar-refractivity contribution in [2.75, 3.05) is 32.8 Å². The van der Waals surface area contributed by atoms with Gasteiger partial charge in [0.05, 0.1) is 19.1 Å². The molecule has 2 saturated heterocycles. The van der Waals surface area contributed by atoms with Gasteiger partial charge in [0.1, 0.15) is 0 Å². The highest BCUT2D eigenvalue weighted by molar-refractivity contribution is 5.85. The van der Waals surface area contributed by atoms with Crippen LogP contribution in [-0.2, 0) is 9.53 Å². The first-order valence-corrected chi connectivity index (χ1v) is 7.27. The monoisotopic (exact) mass is 290 g/mol. The minimum atomic E-state index is 0. The molecule has 0 unspecified atom stereocenters. The summed E-state index contributed by atoms with van der Waals surface area (Å²) in [5.74, 6) is 1.84. The zero-order valence-corrected chi connectivity index (χ0v) is 12.9. The molecule has 0 aliphatic carbocycles. The van der Waals surface area contributed by atoms with E-state index >= 15 is 0 Å². The number of rotatable bonds is 4. The molecule has 19 heavy (non-hydrogen) atoms. The van der Waals surface area contributed by atoms with Crippen molar-refractivity contribution in [1.29, 1.82) is 0 Å². The Morgan fingerprint density at radius 1 is 1.26 bits per heavy atom. The maximum atomic E-state index is 12.1. The van der Waals surface area contributed by atoms with Crippen LogP contribution in [0.5, 0.6) is 0 Å². The number of hydrogen-bond donors (Lipinski definition) is 1. The van der Waals surface area contributed by atoms with E-state index in [9.17, 15) is 4.79 Å². The average molecular weight is 291 g/mol. The van der Waals surface area contributed by atoms with E-state index in [1.807, 2.05) is 18.7 Å². The average Bonchev–Trinajstić information content (AvgIpc) is 2.67. The molecule has 4 nitrogen and oxygen atoms in total. The predicted molar refractivity (Wildman–Crippen MR) is 78.6 cm³/mol. The van der Waals surface area contributed by atoms with Gasteiger partial charge in [-0.3, -0.25) is 4.79 Å². The largest absolute Gasteiger partial charge is 0.378 e. The lowest BCUT2D eigenvalue weighted by atomic mass is 9.92. The van der Waals surface area contributed by atoms with E-state index in [2.05, 4.69) is 5.32 Å². The van der Waals surface area contributed by atoms with Crippen LogP contribution in [0.4, 0.5) is 0 Å². The first-order valence-electron chi connectivity index (χ1n) is 7.27. The first kappa shape index (κ1) is 16.7. The number of ether oxygens (including phenoxy) is 1. The van der Waals surface area contributed by atoms with Crippen LogP contribution in [-0.4, -0.2) is 49.7 Å². The SMILES string of the molecule is CC(C)OCCC(=O)N1CC[C@@H]2CNC[C@@H]2CC1.Cl. The molecule has 2 atom stereocenters. The molecule has 0 aromatic carbocycles. The van der Waals surface area contributed by atoms with Crippen LogP contribution in [0, 0.1) is 11.8 Å². The summed E-state index contributed by atoms with van der Waals surface area (Å²) in [6.07, 6.45) is 3.07. The van der Waals surface area contributed by atoms with Gasteiger partial charge in [0.2, 0.25) is 5.91 Å². The molecule has 2 heterocycles. The molecular formula is C14H27ClN2O2. The summed E-state index contributed by atoms with van der Waals surface area (Å²) in [5, 5.41) is 3.46. The molecule has 2 fully saturated rings. The zero-order chi connectivity index (χ0) is 13.0. The highest BCUT2D eigenvalue weighted by atomic mass is 35.5. The molecular weight excluding hydrogens is 264 g/mol. The van der Waals surface area contributed by atoms with Crippen molar-refractivity contribution in [2.24, 2.45) is 11.8 Å². The second kappa shape index (κ2) is 8.08. The van der Waals surface area contributed by atoms with Gasteiger partial charge in [-0.25, -0.2) is 0 Å². The predicted octanol–water partition coefficient (Wildman–Crippen LogP) is 1.68. The number of fused-ring (bicyclic) bond motifs is 1. The summed E-state index contributed by atoms with van der Waals surface area (Å²) >= 11 is 0. The van der Waals surface area contributed by atoms with E-state index in [1.165, 1.54) is 0 Å². The van der Waals surface area contributed by atoms with Crippen LogP contribution >= 0.6 is 12.4 Å². The quantitative estimate of drug-likeness (QED) is 0.856. The molecule has 1 amide bonds. The van der Waals surface area contributed by atoms with Gasteiger partial charge in [0, 0.05) is 13.1 Å². The Labute approximate surface area is 122 Å². The normalized spacial score (nSPS) is 26.8. The number of halogens is 1. The number of amides is 1. The molecule has 0 aromatic rings. The fraction of sp³-hybridized carbons (Fsp3) is 0.929. The Kier molecular flexibility index (Phi) is 7.11. The second-order valence-corrected chi connectivity index (χ2v) is 5.81. The lowest BCUT2D eigenvalue weighted by Gasteiger charge is -2.21. The molecule has 112 valence electrons. The smallest absolute Gasteiger partial charge is 0.224 e. The second-order valence-electron chi connectivity index (χ2n) is 5.81. The number of hydrogen-bond acceptors (Lipinski definition) is 3. The van der Waals surface area contributed by atoms with Crippen LogP contribution < -0.4 is 5.32 Å². The first-order chi connectivity index (χ1) is 8.66. The summed E-state index contributed by atoms with van der Waals surface area (Å²) < 4.78 is 5.45. The Balaban J connectivity index is 0.00000180. The molecule has 0 radical (unpaired) electrons. The Hall–Kier alpha value is -0.320. The number of carbonyl (C=O) groups excluding carboxylic acids is 1. The minimum Gasteiger partial charge on any atom is -0.378 e. The summed E-state index contributed by atoms with van der Waals surface area (Å²) in [4.78, 5) is 14.1. The van der Waals surface area contributed by atoms with Crippen molar-refractivity contribution in [3.63, 3.8) is 0 Å². The maximum absolute atomic E-state index is 12.1. The van der Waals surface area contributed by atoms with Gasteiger partial charge in [-0.15, -0.1) is 12.4 Å². The van der Waals surface area contributed by atoms with Crippen molar-refractivity contribution in [3.8, 4) is 0 Å². The molecule has 0 spiro atoms. The lowest BCUT2D eigenvalue weighted by molar-refractivity contribution is -0.132. The van der Waals surface area contributed by atoms with Gasteiger partial charge < -0.3 is 15.0 Å². The van der Waals surface area contributed by atoms with E-state index in [0.29, 0.717) is 13.0 Å². The maximum Gasteiger partial charge on any atom is 0.224 e. The fourth-order valence-electron chi connectivity index (χ4n) is 3.01. The highest BCUT2D eigenvalue weighted by Gasteiger charge is 2.31. The molecule has 2 aliphatic rings. The van der Waals surface area contributed by atoms with E-state index in [4.69, 9.17) is 4.74 Å². The van der Waals surface area contributed by atoms with Crippen LogP contribution in [0.2, 0.25) is 0 Å². The third-order valence-corrected chi connectivity index (χ3v) is 4.14. The molecule has 1 N–H and O–H groups in total. The van der Waals surface area contributed by atoms with Crippen LogP contribution in [0.3, 0.4) is 0 Å². The van der Waals surface area contributed by atoms with Gasteiger partial charge >= 0.3 is 0 Å². The van der Waals surface area contributed by atoms with E-state index < -0.39 is 0 Å². The number of nitrogens with zero attached hydrogens (tertiary/aromatic N) is 1. The third-order valence-electron chi connectivity index (χ3n) is 4.14. The van der Waals surface area contributed by atoms with Gasteiger partial charge in [0.15, 0.2) is 0 Å². The molecule has 0 aromatic heterocycles. The van der Waals surface area contributed by atoms with Gasteiger partial charge in [0.25, 0.3) is 0 Å². The van der Waals surface area contributed by atoms with Crippen molar-refractivity contribution < 1.29 is 9.53 Å². The summed E-state index contributed by atoms with van der Waals surface area (Å²) in [5.41, 5.74) is 0. The molecule has 0 bridgehead atoms. The third kappa shape index (κ3) is 4.93.